The molecule has 0 spiro atoms. The largest absolute Gasteiger partial charge is 0.486 e. The minimum atomic E-state index is -3.87. The molecule has 28 heavy (non-hydrogen) atoms. The molecule has 0 N–H and O–H groups in total. The van der Waals surface area contributed by atoms with E-state index < -0.39 is 16.0 Å². The van der Waals surface area contributed by atoms with E-state index in [1.807, 2.05) is 0 Å². The second-order valence-electron chi connectivity index (χ2n) is 6.20. The van der Waals surface area contributed by atoms with Crippen molar-refractivity contribution in [3.8, 4) is 11.5 Å². The fraction of sp³-hybridized carbons (Fsp3) is 0.350. The molecule has 1 aliphatic heterocycles. The Balaban J connectivity index is 2.03. The highest BCUT2D eigenvalue weighted by Crippen LogP contribution is 2.35. The van der Waals surface area contributed by atoms with E-state index in [1.165, 1.54) is 16.4 Å². The van der Waals surface area contributed by atoms with Crippen LogP contribution in [0, 0.1) is 6.92 Å². The molecular weight excluding hydrogens is 382 g/mol. The summed E-state index contributed by atoms with van der Waals surface area (Å²) in [6, 6.07) is 9.45. The molecule has 0 aliphatic carbocycles. The molecule has 0 fully saturated rings. The second-order valence-corrected chi connectivity index (χ2v) is 8.06. The Hall–Kier alpha value is -2.74. The molecule has 1 aliphatic rings. The lowest BCUT2D eigenvalue weighted by Crippen LogP contribution is -2.31. The van der Waals surface area contributed by atoms with E-state index in [4.69, 9.17) is 14.2 Å². The molecule has 7 nitrogen and oxygen atoms in total. The Morgan fingerprint density at radius 1 is 1.07 bits per heavy atom. The van der Waals surface area contributed by atoms with Crippen molar-refractivity contribution in [1.82, 2.24) is 0 Å². The summed E-state index contributed by atoms with van der Waals surface area (Å²) >= 11 is 0. The first-order valence-corrected chi connectivity index (χ1v) is 10.5. The van der Waals surface area contributed by atoms with Gasteiger partial charge in [0.2, 0.25) is 0 Å². The number of fused-ring (bicyclic) bond motifs is 1. The number of hydrogen-bond donors (Lipinski definition) is 0. The van der Waals surface area contributed by atoms with Crippen molar-refractivity contribution < 1.29 is 27.4 Å². The Labute approximate surface area is 164 Å². The summed E-state index contributed by atoms with van der Waals surface area (Å²) in [6.07, 6.45) is 0. The Kier molecular flexibility index (Phi) is 5.79. The van der Waals surface area contributed by atoms with Crippen LogP contribution in [0.4, 0.5) is 5.69 Å². The van der Waals surface area contributed by atoms with Crippen LogP contribution in [-0.2, 0) is 14.8 Å². The van der Waals surface area contributed by atoms with Crippen molar-refractivity contribution in [1.29, 1.82) is 0 Å². The van der Waals surface area contributed by atoms with Crippen molar-refractivity contribution in [2.75, 3.05) is 30.7 Å². The molecule has 0 saturated heterocycles. The number of rotatable bonds is 6. The zero-order valence-corrected chi connectivity index (χ0v) is 16.9. The molecule has 0 bridgehead atoms. The van der Waals surface area contributed by atoms with Gasteiger partial charge in [-0.05, 0) is 50.6 Å². The maximum absolute atomic E-state index is 13.3. The van der Waals surface area contributed by atoms with Crippen molar-refractivity contribution in [3.05, 3.63) is 47.5 Å². The van der Waals surface area contributed by atoms with Crippen LogP contribution in [-0.4, -0.2) is 40.8 Å². The van der Waals surface area contributed by atoms with Gasteiger partial charge in [-0.1, -0.05) is 6.07 Å². The third-order valence-electron chi connectivity index (χ3n) is 4.38. The number of esters is 1. The quantitative estimate of drug-likeness (QED) is 0.687. The highest BCUT2D eigenvalue weighted by Gasteiger charge is 2.27. The molecule has 0 aromatic heterocycles. The first-order chi connectivity index (χ1) is 13.4. The van der Waals surface area contributed by atoms with Crippen LogP contribution in [0.15, 0.2) is 41.3 Å². The van der Waals surface area contributed by atoms with E-state index in [0.717, 1.165) is 5.56 Å². The van der Waals surface area contributed by atoms with E-state index in [2.05, 4.69) is 0 Å². The zero-order chi connectivity index (χ0) is 20.3. The first-order valence-electron chi connectivity index (χ1n) is 9.08. The lowest BCUT2D eigenvalue weighted by molar-refractivity contribution is 0.0526. The van der Waals surface area contributed by atoms with Gasteiger partial charge >= 0.3 is 5.97 Å². The highest BCUT2D eigenvalue weighted by atomic mass is 32.2. The van der Waals surface area contributed by atoms with Crippen LogP contribution < -0.4 is 13.8 Å². The molecule has 0 amide bonds. The van der Waals surface area contributed by atoms with Crippen LogP contribution in [0.3, 0.4) is 0 Å². The maximum Gasteiger partial charge on any atom is 0.338 e. The standard InChI is InChI=1S/C20H23NO6S/c1-4-21(17-12-15(7-6-14(17)3)20(22)25-5-2)28(23,24)16-8-9-18-19(13-16)27-11-10-26-18/h6-9,12-13H,4-5,10-11H2,1-3H3. The van der Waals surface area contributed by atoms with Crippen LogP contribution in [0.2, 0.25) is 0 Å². The molecule has 150 valence electrons. The summed E-state index contributed by atoms with van der Waals surface area (Å²) in [5.41, 5.74) is 1.47. The van der Waals surface area contributed by atoms with E-state index in [9.17, 15) is 13.2 Å². The predicted octanol–water partition coefficient (Wildman–Crippen LogP) is 3.16. The van der Waals surface area contributed by atoms with Gasteiger partial charge in [0, 0.05) is 12.6 Å². The van der Waals surface area contributed by atoms with Gasteiger partial charge in [-0.3, -0.25) is 4.31 Å². The first kappa shape index (κ1) is 20.0. The number of aryl methyl sites for hydroxylation is 1. The van der Waals surface area contributed by atoms with Crippen molar-refractivity contribution in [2.45, 2.75) is 25.7 Å². The smallest absolute Gasteiger partial charge is 0.338 e. The summed E-state index contributed by atoms with van der Waals surface area (Å²) in [6.45, 7) is 6.50. The third kappa shape index (κ3) is 3.77. The van der Waals surface area contributed by atoms with Crippen LogP contribution in [0.1, 0.15) is 29.8 Å². The molecule has 2 aromatic carbocycles. The van der Waals surface area contributed by atoms with Gasteiger partial charge in [-0.2, -0.15) is 0 Å². The molecule has 0 radical (unpaired) electrons. The van der Waals surface area contributed by atoms with Gasteiger partial charge in [-0.25, -0.2) is 13.2 Å². The number of carbonyl (C=O) groups excluding carboxylic acids is 1. The molecule has 2 aromatic rings. The van der Waals surface area contributed by atoms with Gasteiger partial charge in [0.05, 0.1) is 22.8 Å². The lowest BCUT2D eigenvalue weighted by Gasteiger charge is -2.26. The normalized spacial score (nSPS) is 13.1. The predicted molar refractivity (Wildman–Crippen MR) is 105 cm³/mol. The number of anilines is 1. The summed E-state index contributed by atoms with van der Waals surface area (Å²) < 4.78 is 43.9. The maximum atomic E-state index is 13.3. The molecule has 0 saturated carbocycles. The van der Waals surface area contributed by atoms with Crippen molar-refractivity contribution in [2.24, 2.45) is 0 Å². The van der Waals surface area contributed by atoms with Crippen molar-refractivity contribution in [3.63, 3.8) is 0 Å². The number of sulfonamides is 1. The number of carbonyl (C=O) groups is 1. The summed E-state index contributed by atoms with van der Waals surface area (Å²) in [5, 5.41) is 0. The molecule has 8 heteroatoms. The van der Waals surface area contributed by atoms with E-state index >= 15 is 0 Å². The monoisotopic (exact) mass is 405 g/mol. The van der Waals surface area contributed by atoms with E-state index in [-0.39, 0.29) is 18.0 Å². The minimum Gasteiger partial charge on any atom is -0.486 e. The Morgan fingerprint density at radius 2 is 1.79 bits per heavy atom. The fourth-order valence-corrected chi connectivity index (χ4v) is 4.55. The fourth-order valence-electron chi connectivity index (χ4n) is 3.00. The molecule has 3 rings (SSSR count). The topological polar surface area (TPSA) is 82.1 Å². The van der Waals surface area contributed by atoms with Crippen LogP contribution in [0.5, 0.6) is 11.5 Å². The average Bonchev–Trinajstić information content (AvgIpc) is 2.69. The molecule has 1 heterocycles. The molecule has 0 unspecified atom stereocenters. The third-order valence-corrected chi connectivity index (χ3v) is 6.26. The van der Waals surface area contributed by atoms with E-state index in [0.29, 0.717) is 36.0 Å². The van der Waals surface area contributed by atoms with Crippen LogP contribution >= 0.6 is 0 Å². The number of benzene rings is 2. The second kappa shape index (κ2) is 8.10. The number of ether oxygens (including phenoxy) is 3. The number of nitrogens with zero attached hydrogens (tertiary/aromatic N) is 1. The van der Waals surface area contributed by atoms with Gasteiger partial charge < -0.3 is 14.2 Å². The van der Waals surface area contributed by atoms with Gasteiger partial charge in [0.25, 0.3) is 10.0 Å². The minimum absolute atomic E-state index is 0.0968. The van der Waals surface area contributed by atoms with Gasteiger partial charge in [0.1, 0.15) is 13.2 Å². The van der Waals surface area contributed by atoms with Gasteiger partial charge in [-0.15, -0.1) is 0 Å². The zero-order valence-electron chi connectivity index (χ0n) is 16.1. The van der Waals surface area contributed by atoms with Gasteiger partial charge in [0.15, 0.2) is 11.5 Å². The SMILES string of the molecule is CCOC(=O)c1ccc(C)c(N(CC)S(=O)(=O)c2ccc3c(c2)OCCO3)c1. The number of hydrogen-bond acceptors (Lipinski definition) is 6. The average molecular weight is 405 g/mol. The highest BCUT2D eigenvalue weighted by molar-refractivity contribution is 7.92. The lowest BCUT2D eigenvalue weighted by atomic mass is 10.1. The summed E-state index contributed by atoms with van der Waals surface area (Å²) in [7, 11) is -3.87. The van der Waals surface area contributed by atoms with E-state index in [1.54, 1.807) is 45.0 Å². The molecule has 0 atom stereocenters. The Morgan fingerprint density at radius 3 is 2.46 bits per heavy atom. The van der Waals surface area contributed by atoms with Crippen molar-refractivity contribution >= 4 is 21.7 Å². The molecular formula is C20H23NO6S. The Bertz CT molecular complexity index is 986. The van der Waals surface area contributed by atoms with Crippen LogP contribution in [0.25, 0.3) is 0 Å². The summed E-state index contributed by atoms with van der Waals surface area (Å²) in [4.78, 5) is 12.2. The summed E-state index contributed by atoms with van der Waals surface area (Å²) in [5.74, 6) is 0.436.